The van der Waals surface area contributed by atoms with Crippen molar-refractivity contribution >= 4 is 0 Å². The third kappa shape index (κ3) is 5.22. The summed E-state index contributed by atoms with van der Waals surface area (Å²) in [5, 5.41) is 9.16. The molecule has 0 aromatic heterocycles. The summed E-state index contributed by atoms with van der Waals surface area (Å²) >= 11 is 0. The van der Waals surface area contributed by atoms with Crippen molar-refractivity contribution in [3.8, 4) is 0 Å². The van der Waals surface area contributed by atoms with Gasteiger partial charge in [0, 0.05) is 26.7 Å². The molecule has 0 spiro atoms. The first-order chi connectivity index (χ1) is 8.76. The predicted octanol–water partition coefficient (Wildman–Crippen LogP) is 1.23. The van der Waals surface area contributed by atoms with Crippen LogP contribution in [0.4, 0.5) is 0 Å². The minimum atomic E-state index is 0.213. The molecule has 4 nitrogen and oxygen atoms in total. The van der Waals surface area contributed by atoms with Gasteiger partial charge in [-0.2, -0.15) is 0 Å². The van der Waals surface area contributed by atoms with E-state index in [0.29, 0.717) is 0 Å². The summed E-state index contributed by atoms with van der Waals surface area (Å²) in [7, 11) is 1.72. The smallest absolute Gasteiger partial charge is 0.0589 e. The molecule has 0 aromatic rings. The molecule has 0 saturated heterocycles. The van der Waals surface area contributed by atoms with E-state index >= 15 is 0 Å². The van der Waals surface area contributed by atoms with Gasteiger partial charge >= 0.3 is 0 Å². The van der Waals surface area contributed by atoms with Gasteiger partial charge in [0.2, 0.25) is 0 Å². The van der Waals surface area contributed by atoms with Crippen molar-refractivity contribution in [1.29, 1.82) is 0 Å². The van der Waals surface area contributed by atoms with Crippen molar-refractivity contribution in [2.75, 3.05) is 46.5 Å². The summed E-state index contributed by atoms with van der Waals surface area (Å²) < 4.78 is 5.14. The molecule has 1 aliphatic carbocycles. The van der Waals surface area contributed by atoms with Crippen molar-refractivity contribution in [2.45, 2.75) is 38.5 Å². The second kappa shape index (κ2) is 8.86. The van der Waals surface area contributed by atoms with E-state index in [2.05, 4.69) is 4.90 Å². The van der Waals surface area contributed by atoms with Crippen LogP contribution in [0.2, 0.25) is 0 Å². The van der Waals surface area contributed by atoms with Gasteiger partial charge in [0.05, 0.1) is 13.2 Å². The van der Waals surface area contributed by atoms with Crippen LogP contribution in [0.5, 0.6) is 0 Å². The maximum absolute atomic E-state index is 9.16. The summed E-state index contributed by atoms with van der Waals surface area (Å²) in [6, 6.07) is 0. The van der Waals surface area contributed by atoms with Gasteiger partial charge in [-0.05, 0) is 24.8 Å². The lowest BCUT2D eigenvalue weighted by molar-refractivity contribution is 0.0847. The van der Waals surface area contributed by atoms with Crippen molar-refractivity contribution in [3.63, 3.8) is 0 Å². The number of nitrogens with two attached hydrogens (primary N) is 1. The number of aliphatic hydroxyl groups is 1. The summed E-state index contributed by atoms with van der Waals surface area (Å²) in [5.41, 5.74) is 6.32. The van der Waals surface area contributed by atoms with E-state index in [0.717, 1.165) is 32.8 Å². The van der Waals surface area contributed by atoms with Gasteiger partial charge in [-0.3, -0.25) is 4.90 Å². The number of nitrogens with zero attached hydrogens (tertiary/aromatic N) is 1. The Morgan fingerprint density at radius 3 is 2.33 bits per heavy atom. The average Bonchev–Trinajstić information content (AvgIpc) is 2.62. The van der Waals surface area contributed by atoms with Crippen molar-refractivity contribution < 1.29 is 9.84 Å². The molecule has 0 radical (unpaired) electrons. The molecule has 0 amide bonds. The average molecular weight is 258 g/mol. The van der Waals surface area contributed by atoms with Gasteiger partial charge in [0.1, 0.15) is 0 Å². The molecule has 1 saturated carbocycles. The molecule has 1 rings (SSSR count). The number of hydrogen-bond acceptors (Lipinski definition) is 4. The Morgan fingerprint density at radius 2 is 1.83 bits per heavy atom. The first-order valence-electron chi connectivity index (χ1n) is 7.28. The Balaban J connectivity index is 2.55. The maximum atomic E-state index is 9.16. The molecule has 0 atom stereocenters. The first-order valence-corrected chi connectivity index (χ1v) is 7.28. The number of rotatable bonds is 8. The summed E-state index contributed by atoms with van der Waals surface area (Å²) in [5.74, 6) is 0. The van der Waals surface area contributed by atoms with Crippen molar-refractivity contribution in [1.82, 2.24) is 4.90 Å². The Labute approximate surface area is 111 Å². The maximum Gasteiger partial charge on any atom is 0.0589 e. The molecule has 108 valence electrons. The summed E-state index contributed by atoms with van der Waals surface area (Å²) in [6.45, 7) is 4.32. The SMILES string of the molecule is COCCN(CCO)CC1(CN)CCCCCC1. The molecule has 3 N–H and O–H groups in total. The van der Waals surface area contributed by atoms with Crippen LogP contribution in [0.1, 0.15) is 38.5 Å². The highest BCUT2D eigenvalue weighted by atomic mass is 16.5. The lowest BCUT2D eigenvalue weighted by Gasteiger charge is -2.37. The number of ether oxygens (including phenoxy) is 1. The third-order valence-electron chi connectivity index (χ3n) is 4.18. The Morgan fingerprint density at radius 1 is 1.17 bits per heavy atom. The van der Waals surface area contributed by atoms with Gasteiger partial charge in [-0.1, -0.05) is 25.7 Å². The monoisotopic (exact) mass is 258 g/mol. The molecule has 1 aliphatic rings. The van der Waals surface area contributed by atoms with Crippen molar-refractivity contribution in [3.05, 3.63) is 0 Å². The van der Waals surface area contributed by atoms with Crippen LogP contribution in [0, 0.1) is 5.41 Å². The van der Waals surface area contributed by atoms with Crippen LogP contribution >= 0.6 is 0 Å². The van der Waals surface area contributed by atoms with Crippen LogP contribution < -0.4 is 5.73 Å². The van der Waals surface area contributed by atoms with Gasteiger partial charge < -0.3 is 15.6 Å². The Bertz CT molecular complexity index is 204. The number of methoxy groups -OCH3 is 1. The molecule has 0 bridgehead atoms. The van der Waals surface area contributed by atoms with Crippen LogP contribution in [-0.4, -0.2) is 56.5 Å². The molecule has 1 fully saturated rings. The molecule has 0 aromatic carbocycles. The predicted molar refractivity (Wildman–Crippen MR) is 74.6 cm³/mol. The molecular weight excluding hydrogens is 228 g/mol. The molecule has 0 heterocycles. The lowest BCUT2D eigenvalue weighted by atomic mass is 9.80. The van der Waals surface area contributed by atoms with E-state index in [1.165, 1.54) is 38.5 Å². The molecular formula is C14H30N2O2. The van der Waals surface area contributed by atoms with E-state index < -0.39 is 0 Å². The van der Waals surface area contributed by atoms with Crippen molar-refractivity contribution in [2.24, 2.45) is 11.1 Å². The minimum Gasteiger partial charge on any atom is -0.395 e. The highest BCUT2D eigenvalue weighted by Crippen LogP contribution is 2.34. The lowest BCUT2D eigenvalue weighted by Crippen LogP contribution is -2.44. The quantitative estimate of drug-likeness (QED) is 0.643. The van der Waals surface area contributed by atoms with E-state index in [1.807, 2.05) is 0 Å². The van der Waals surface area contributed by atoms with Gasteiger partial charge in [0.15, 0.2) is 0 Å². The zero-order valence-corrected chi connectivity index (χ0v) is 11.9. The zero-order valence-electron chi connectivity index (χ0n) is 11.9. The normalized spacial score (nSPS) is 20.0. The molecule has 4 heteroatoms. The van der Waals surface area contributed by atoms with E-state index in [1.54, 1.807) is 7.11 Å². The van der Waals surface area contributed by atoms with E-state index in [-0.39, 0.29) is 12.0 Å². The second-order valence-corrected chi connectivity index (χ2v) is 5.61. The second-order valence-electron chi connectivity index (χ2n) is 5.61. The van der Waals surface area contributed by atoms with Crippen LogP contribution in [-0.2, 0) is 4.74 Å². The minimum absolute atomic E-state index is 0.213. The fourth-order valence-corrected chi connectivity index (χ4v) is 3.01. The van der Waals surface area contributed by atoms with Gasteiger partial charge in [0.25, 0.3) is 0 Å². The fraction of sp³-hybridized carbons (Fsp3) is 1.00. The molecule has 0 unspecified atom stereocenters. The standard InChI is InChI=1S/C14H30N2O2/c1-18-11-9-16(8-10-17)13-14(12-15)6-4-2-3-5-7-14/h17H,2-13,15H2,1H3. The van der Waals surface area contributed by atoms with Crippen LogP contribution in [0.15, 0.2) is 0 Å². The number of hydrogen-bond donors (Lipinski definition) is 2. The van der Waals surface area contributed by atoms with E-state index in [9.17, 15) is 0 Å². The highest BCUT2D eigenvalue weighted by molar-refractivity contribution is 4.85. The Kier molecular flexibility index (Phi) is 7.82. The molecule has 0 aliphatic heterocycles. The van der Waals surface area contributed by atoms with Gasteiger partial charge in [-0.15, -0.1) is 0 Å². The highest BCUT2D eigenvalue weighted by Gasteiger charge is 2.31. The fourth-order valence-electron chi connectivity index (χ4n) is 3.01. The summed E-state index contributed by atoms with van der Waals surface area (Å²) in [6.07, 6.45) is 7.76. The van der Waals surface area contributed by atoms with Crippen LogP contribution in [0.25, 0.3) is 0 Å². The first kappa shape index (κ1) is 15.9. The van der Waals surface area contributed by atoms with Crippen LogP contribution in [0.3, 0.4) is 0 Å². The number of aliphatic hydroxyl groups excluding tert-OH is 1. The summed E-state index contributed by atoms with van der Waals surface area (Å²) in [4.78, 5) is 2.31. The van der Waals surface area contributed by atoms with E-state index in [4.69, 9.17) is 15.6 Å². The Hall–Kier alpha value is -0.160. The largest absolute Gasteiger partial charge is 0.395 e. The third-order valence-corrected chi connectivity index (χ3v) is 4.18. The topological polar surface area (TPSA) is 58.7 Å². The zero-order chi connectivity index (χ0) is 13.3. The van der Waals surface area contributed by atoms with Gasteiger partial charge in [-0.25, -0.2) is 0 Å². The molecule has 18 heavy (non-hydrogen) atoms.